The topological polar surface area (TPSA) is 0 Å². The van der Waals surface area contributed by atoms with Gasteiger partial charge in [0.25, 0.3) is 0 Å². The van der Waals surface area contributed by atoms with Gasteiger partial charge < -0.3 is 0 Å². The largest absolute Gasteiger partial charge is 0.204 e. The third-order valence-corrected chi connectivity index (χ3v) is 3.05. The Morgan fingerprint density at radius 3 is 1.76 bits per heavy atom. The SMILES string of the molecule is CCc1ccc(C(F)=C(F)c2cc(F)c(F)c(F)c2)cc1. The molecule has 0 atom stereocenters. The maximum Gasteiger partial charge on any atom is 0.194 e. The zero-order valence-electron chi connectivity index (χ0n) is 11.1. The van der Waals surface area contributed by atoms with Crippen molar-refractivity contribution in [3.8, 4) is 0 Å². The van der Waals surface area contributed by atoms with Crippen molar-refractivity contribution in [2.45, 2.75) is 13.3 Å². The fraction of sp³-hybridized carbons (Fsp3) is 0.125. The highest BCUT2D eigenvalue weighted by Gasteiger charge is 2.17. The van der Waals surface area contributed by atoms with Crippen LogP contribution in [0.15, 0.2) is 36.4 Å². The van der Waals surface area contributed by atoms with Crippen LogP contribution >= 0.6 is 0 Å². The zero-order chi connectivity index (χ0) is 15.6. The van der Waals surface area contributed by atoms with Gasteiger partial charge in [-0.25, -0.2) is 22.0 Å². The lowest BCUT2D eigenvalue weighted by Gasteiger charge is -2.05. The first-order valence-corrected chi connectivity index (χ1v) is 6.23. The van der Waals surface area contributed by atoms with Crippen LogP contribution in [0.25, 0.3) is 11.7 Å². The second-order valence-electron chi connectivity index (χ2n) is 4.43. The molecule has 5 heteroatoms. The van der Waals surface area contributed by atoms with Crippen LogP contribution in [0, 0.1) is 17.5 Å². The maximum atomic E-state index is 14.0. The highest BCUT2D eigenvalue weighted by molar-refractivity contribution is 5.83. The van der Waals surface area contributed by atoms with E-state index in [-0.39, 0.29) is 5.56 Å². The molecule has 21 heavy (non-hydrogen) atoms. The molecule has 0 aliphatic rings. The molecule has 0 spiro atoms. The third kappa shape index (κ3) is 3.12. The summed E-state index contributed by atoms with van der Waals surface area (Å²) in [7, 11) is 0. The van der Waals surface area contributed by atoms with Crippen LogP contribution in [0.2, 0.25) is 0 Å². The monoisotopic (exact) mass is 298 g/mol. The molecular formula is C16H11F5. The van der Waals surface area contributed by atoms with Gasteiger partial charge in [0.1, 0.15) is 0 Å². The number of hydrogen-bond acceptors (Lipinski definition) is 0. The number of halogens is 5. The fourth-order valence-electron chi connectivity index (χ4n) is 1.82. The van der Waals surface area contributed by atoms with Crippen LogP contribution in [0.5, 0.6) is 0 Å². The van der Waals surface area contributed by atoms with E-state index in [1.807, 2.05) is 6.92 Å². The molecule has 0 N–H and O–H groups in total. The Bertz CT molecular complexity index is 663. The van der Waals surface area contributed by atoms with Crippen LogP contribution in [-0.4, -0.2) is 0 Å². The predicted octanol–water partition coefficient (Wildman–Crippen LogP) is 5.43. The summed E-state index contributed by atoms with van der Waals surface area (Å²) >= 11 is 0. The van der Waals surface area contributed by atoms with Crippen LogP contribution in [-0.2, 0) is 6.42 Å². The molecule has 0 aromatic heterocycles. The summed E-state index contributed by atoms with van der Waals surface area (Å²) in [5.74, 6) is -7.58. The van der Waals surface area contributed by atoms with Crippen molar-refractivity contribution >= 4 is 11.7 Å². The minimum Gasteiger partial charge on any atom is -0.204 e. The summed E-state index contributed by atoms with van der Waals surface area (Å²) in [6, 6.07) is 6.79. The van der Waals surface area contributed by atoms with Crippen LogP contribution < -0.4 is 0 Å². The van der Waals surface area contributed by atoms with Gasteiger partial charge >= 0.3 is 0 Å². The molecule has 0 heterocycles. The molecular weight excluding hydrogens is 287 g/mol. The molecule has 0 fully saturated rings. The van der Waals surface area contributed by atoms with E-state index in [1.165, 1.54) is 12.1 Å². The maximum absolute atomic E-state index is 14.0. The number of benzene rings is 2. The molecule has 0 nitrogen and oxygen atoms in total. The first-order valence-electron chi connectivity index (χ1n) is 6.23. The van der Waals surface area contributed by atoms with Gasteiger partial charge in [0, 0.05) is 11.1 Å². The lowest BCUT2D eigenvalue weighted by molar-refractivity contribution is 0.446. The van der Waals surface area contributed by atoms with Crippen molar-refractivity contribution in [1.82, 2.24) is 0 Å². The van der Waals surface area contributed by atoms with Gasteiger partial charge in [-0.1, -0.05) is 31.2 Å². The van der Waals surface area contributed by atoms with E-state index >= 15 is 0 Å². The molecule has 2 aromatic rings. The van der Waals surface area contributed by atoms with Gasteiger partial charge in [-0.15, -0.1) is 0 Å². The van der Waals surface area contributed by atoms with Gasteiger partial charge in [-0.05, 0) is 24.1 Å². The molecule has 0 aliphatic carbocycles. The van der Waals surface area contributed by atoms with Crippen molar-refractivity contribution in [2.24, 2.45) is 0 Å². The van der Waals surface area contributed by atoms with Gasteiger partial charge in [-0.3, -0.25) is 0 Å². The molecule has 0 unspecified atom stereocenters. The third-order valence-electron chi connectivity index (χ3n) is 3.05. The normalized spacial score (nSPS) is 12.3. The first kappa shape index (κ1) is 15.2. The van der Waals surface area contributed by atoms with E-state index in [4.69, 9.17) is 0 Å². The van der Waals surface area contributed by atoms with Crippen LogP contribution in [0.4, 0.5) is 22.0 Å². The van der Waals surface area contributed by atoms with E-state index in [1.54, 1.807) is 12.1 Å². The van der Waals surface area contributed by atoms with E-state index in [0.29, 0.717) is 12.1 Å². The average Bonchev–Trinajstić information content (AvgIpc) is 2.50. The smallest absolute Gasteiger partial charge is 0.194 e. The van der Waals surface area contributed by atoms with E-state index < -0.39 is 34.7 Å². The molecule has 110 valence electrons. The second kappa shape index (κ2) is 6.08. The lowest BCUT2D eigenvalue weighted by Crippen LogP contribution is -1.94. The molecule has 0 bridgehead atoms. The summed E-state index contributed by atoms with van der Waals surface area (Å²) in [6.07, 6.45) is 0.739. The minimum atomic E-state index is -1.72. The Labute approximate surface area is 118 Å². The van der Waals surface area contributed by atoms with Gasteiger partial charge in [0.15, 0.2) is 29.1 Å². The lowest BCUT2D eigenvalue weighted by atomic mass is 10.1. The van der Waals surface area contributed by atoms with Gasteiger partial charge in [0.2, 0.25) is 0 Å². The van der Waals surface area contributed by atoms with Crippen molar-refractivity contribution in [2.75, 3.05) is 0 Å². The zero-order valence-corrected chi connectivity index (χ0v) is 11.1. The second-order valence-corrected chi connectivity index (χ2v) is 4.43. The summed E-state index contributed by atoms with van der Waals surface area (Å²) in [6.45, 7) is 1.91. The number of hydrogen-bond donors (Lipinski definition) is 0. The van der Waals surface area contributed by atoms with Gasteiger partial charge in [0.05, 0.1) is 0 Å². The number of rotatable bonds is 3. The van der Waals surface area contributed by atoms with Crippen molar-refractivity contribution in [3.63, 3.8) is 0 Å². The summed E-state index contributed by atoms with van der Waals surface area (Å²) in [5.41, 5.74) is 0.184. The average molecular weight is 298 g/mol. The highest BCUT2D eigenvalue weighted by Crippen LogP contribution is 2.30. The van der Waals surface area contributed by atoms with E-state index in [2.05, 4.69) is 0 Å². The van der Waals surface area contributed by atoms with E-state index in [9.17, 15) is 22.0 Å². The number of aryl methyl sites for hydroxylation is 1. The minimum absolute atomic E-state index is 0.0603. The predicted molar refractivity (Wildman–Crippen MR) is 71.2 cm³/mol. The van der Waals surface area contributed by atoms with Crippen LogP contribution in [0.3, 0.4) is 0 Å². The van der Waals surface area contributed by atoms with Crippen molar-refractivity contribution < 1.29 is 22.0 Å². The molecule has 0 radical (unpaired) electrons. The summed E-state index contributed by atoms with van der Waals surface area (Å²) in [4.78, 5) is 0. The molecule has 0 aliphatic heterocycles. The highest BCUT2D eigenvalue weighted by atomic mass is 19.2. The Hall–Kier alpha value is -2.17. The van der Waals surface area contributed by atoms with E-state index in [0.717, 1.165) is 12.0 Å². The Kier molecular flexibility index (Phi) is 4.40. The fourth-order valence-corrected chi connectivity index (χ4v) is 1.82. The Balaban J connectivity index is 2.46. The van der Waals surface area contributed by atoms with Crippen molar-refractivity contribution in [3.05, 3.63) is 70.5 Å². The Morgan fingerprint density at radius 2 is 1.29 bits per heavy atom. The van der Waals surface area contributed by atoms with Crippen LogP contribution in [0.1, 0.15) is 23.6 Å². The Morgan fingerprint density at radius 1 is 0.810 bits per heavy atom. The van der Waals surface area contributed by atoms with Gasteiger partial charge in [-0.2, -0.15) is 0 Å². The summed E-state index contributed by atoms with van der Waals surface area (Å²) in [5, 5.41) is 0. The standard InChI is InChI=1S/C16H11F5/c1-2-9-3-5-10(6-4-9)14(19)15(20)11-7-12(17)16(21)13(18)8-11/h3-8H,2H2,1H3. The molecule has 2 rings (SSSR count). The molecule has 0 amide bonds. The quantitative estimate of drug-likeness (QED) is 0.402. The van der Waals surface area contributed by atoms with Crippen molar-refractivity contribution in [1.29, 1.82) is 0 Å². The molecule has 0 saturated heterocycles. The molecule has 0 saturated carbocycles. The molecule has 2 aromatic carbocycles. The summed E-state index contributed by atoms with van der Waals surface area (Å²) < 4.78 is 66.8. The first-order chi connectivity index (χ1) is 9.93.